The van der Waals surface area contributed by atoms with E-state index >= 15 is 19.2 Å². The van der Waals surface area contributed by atoms with Crippen molar-refractivity contribution in [1.82, 2.24) is 28.9 Å². The van der Waals surface area contributed by atoms with Gasteiger partial charge >= 0.3 is 6.18 Å². The smallest absolute Gasteiger partial charge is 0.324 e. The number of carbonyl (C=O) groups excluding carboxylic acids is 4. The van der Waals surface area contributed by atoms with Crippen LogP contribution in [0.25, 0.3) is 11.4 Å². The van der Waals surface area contributed by atoms with Gasteiger partial charge in [0.15, 0.2) is 0 Å². The Labute approximate surface area is 417 Å². The fourth-order valence-electron chi connectivity index (χ4n) is 10.9. The van der Waals surface area contributed by atoms with Gasteiger partial charge in [0.2, 0.25) is 11.8 Å². The number of carbonyl (C=O) groups is 4. The number of anilines is 2. The Bertz CT molecular complexity index is 3150. The lowest BCUT2D eigenvalue weighted by molar-refractivity contribution is -0.153. The van der Waals surface area contributed by atoms with E-state index < -0.39 is 70.4 Å². The van der Waals surface area contributed by atoms with Crippen LogP contribution in [0.4, 0.5) is 33.3 Å². The number of aliphatic imine (C=N–C) groups is 2. The molecule has 2 saturated carbocycles. The van der Waals surface area contributed by atoms with Crippen molar-refractivity contribution in [2.24, 2.45) is 9.98 Å². The normalized spacial score (nSPS) is 18.1. The fraction of sp³-hybridized carbons (Fsp3) is 0.333. The molecule has 2 atom stereocenters. The monoisotopic (exact) mass is 998 g/mol. The van der Waals surface area contributed by atoms with Gasteiger partial charge in [0.05, 0.1) is 17.6 Å². The molecule has 0 saturated heterocycles. The van der Waals surface area contributed by atoms with E-state index in [1.54, 1.807) is 53.5 Å². The molecular formula is C54H51F5N10O4. The summed E-state index contributed by atoms with van der Waals surface area (Å²) in [6.07, 6.45) is 7.54. The minimum absolute atomic E-state index is 0.0375. The molecule has 2 aliphatic heterocycles. The molecule has 376 valence electrons. The summed E-state index contributed by atoms with van der Waals surface area (Å²) < 4.78 is 76.2. The number of benzene rings is 4. The third-order valence-electron chi connectivity index (χ3n) is 14.2. The molecule has 2 unspecified atom stereocenters. The number of alkyl halides is 3. The molecule has 6 aromatic rings. The van der Waals surface area contributed by atoms with E-state index in [0.29, 0.717) is 42.9 Å². The van der Waals surface area contributed by atoms with Crippen molar-refractivity contribution in [3.63, 3.8) is 0 Å². The van der Waals surface area contributed by atoms with Crippen LogP contribution >= 0.6 is 0 Å². The molecule has 19 heteroatoms. The predicted octanol–water partition coefficient (Wildman–Crippen LogP) is 9.52. The van der Waals surface area contributed by atoms with Crippen LogP contribution in [0.3, 0.4) is 0 Å². The molecule has 73 heavy (non-hydrogen) atoms. The zero-order chi connectivity index (χ0) is 51.2. The van der Waals surface area contributed by atoms with E-state index in [4.69, 9.17) is 9.98 Å². The van der Waals surface area contributed by atoms with Gasteiger partial charge in [-0.25, -0.2) is 18.7 Å². The lowest BCUT2D eigenvalue weighted by atomic mass is 9.85. The van der Waals surface area contributed by atoms with Gasteiger partial charge in [-0.05, 0) is 119 Å². The summed E-state index contributed by atoms with van der Waals surface area (Å²) in [6.45, 7) is 3.89. The summed E-state index contributed by atoms with van der Waals surface area (Å²) in [4.78, 5) is 84.1. The first kappa shape index (κ1) is 48.8. The lowest BCUT2D eigenvalue weighted by Gasteiger charge is -2.48. The van der Waals surface area contributed by atoms with Crippen molar-refractivity contribution in [3.8, 4) is 11.4 Å². The second kappa shape index (κ2) is 19.3. The van der Waals surface area contributed by atoms with Crippen molar-refractivity contribution in [1.29, 1.82) is 0 Å². The zero-order valence-corrected chi connectivity index (χ0v) is 40.0. The largest absolute Gasteiger partial charge is 0.416 e. The van der Waals surface area contributed by atoms with Crippen molar-refractivity contribution >= 4 is 46.4 Å². The second-order valence-corrected chi connectivity index (χ2v) is 19.1. The highest BCUT2D eigenvalue weighted by Crippen LogP contribution is 2.47. The van der Waals surface area contributed by atoms with Gasteiger partial charge in [0, 0.05) is 65.0 Å². The third-order valence-corrected chi connectivity index (χ3v) is 14.2. The van der Waals surface area contributed by atoms with Crippen LogP contribution in [-0.4, -0.2) is 87.4 Å². The molecule has 4 aliphatic rings. The molecule has 2 fully saturated rings. The number of amides is 4. The lowest BCUT2D eigenvalue weighted by Crippen LogP contribution is -2.69. The van der Waals surface area contributed by atoms with Gasteiger partial charge < -0.3 is 19.8 Å². The molecule has 0 bridgehead atoms. The number of halogens is 5. The first-order valence-corrected chi connectivity index (χ1v) is 24.4. The molecule has 4 aromatic carbocycles. The summed E-state index contributed by atoms with van der Waals surface area (Å²) in [7, 11) is 0. The maximum absolute atomic E-state index is 15.7. The zero-order valence-electron chi connectivity index (χ0n) is 40.0. The minimum Gasteiger partial charge on any atom is -0.324 e. The number of aromatic nitrogens is 4. The Kier molecular flexibility index (Phi) is 12.9. The quantitative estimate of drug-likeness (QED) is 0.110. The molecule has 2 aliphatic carbocycles. The van der Waals surface area contributed by atoms with E-state index in [9.17, 15) is 22.0 Å². The average molecular weight is 999 g/mol. The molecule has 2 spiro atoms. The first-order chi connectivity index (χ1) is 35.1. The number of nitrogens with one attached hydrogen (secondary N) is 2. The van der Waals surface area contributed by atoms with Crippen LogP contribution in [0.2, 0.25) is 0 Å². The number of aryl methyl sites for hydroxylation is 2. The van der Waals surface area contributed by atoms with Gasteiger partial charge in [-0.3, -0.25) is 39.0 Å². The summed E-state index contributed by atoms with van der Waals surface area (Å²) in [6, 6.07) is 16.2. The summed E-state index contributed by atoms with van der Waals surface area (Å²) >= 11 is 0. The number of hydrogen-bond acceptors (Lipinski definition) is 8. The SMILES string of the molecule is CCCc1nccn1-c1ccc(C2=NC3(CCCCC3)N(C(C(=O)Nc3cccc(C(F)(F)F)c3)C(C(=O)Nc3cc(F)cc(F)c3)N3C(=O)C(c4ccc(-n5cnc(C)c5)cc4)=NC34CCCC4)C2=O)cc1. The van der Waals surface area contributed by atoms with E-state index in [1.165, 1.54) is 15.9 Å². The molecule has 2 N–H and O–H groups in total. The Morgan fingerprint density at radius 3 is 1.74 bits per heavy atom. The van der Waals surface area contributed by atoms with E-state index in [0.717, 1.165) is 72.5 Å². The summed E-state index contributed by atoms with van der Waals surface area (Å²) in [5, 5.41) is 5.15. The van der Waals surface area contributed by atoms with Crippen molar-refractivity contribution in [2.75, 3.05) is 10.6 Å². The Balaban J connectivity index is 1.13. The second-order valence-electron chi connectivity index (χ2n) is 19.1. The highest BCUT2D eigenvalue weighted by Gasteiger charge is 2.62. The number of nitrogens with zero attached hydrogens (tertiary/aromatic N) is 8. The fourth-order valence-corrected chi connectivity index (χ4v) is 10.9. The Morgan fingerprint density at radius 2 is 1.22 bits per heavy atom. The van der Waals surface area contributed by atoms with Gasteiger partial charge in [-0.2, -0.15) is 13.2 Å². The minimum atomic E-state index is -4.81. The predicted molar refractivity (Wildman–Crippen MR) is 262 cm³/mol. The molecule has 10 rings (SSSR count). The summed E-state index contributed by atoms with van der Waals surface area (Å²) in [5.41, 5.74) is -1.78. The van der Waals surface area contributed by atoms with Crippen LogP contribution in [-0.2, 0) is 31.8 Å². The highest BCUT2D eigenvalue weighted by atomic mass is 19.4. The van der Waals surface area contributed by atoms with Gasteiger partial charge in [0.25, 0.3) is 11.8 Å². The summed E-state index contributed by atoms with van der Waals surface area (Å²) in [5.74, 6) is -5.03. The van der Waals surface area contributed by atoms with Crippen molar-refractivity contribution in [2.45, 2.75) is 114 Å². The van der Waals surface area contributed by atoms with E-state index in [2.05, 4.69) is 20.6 Å². The Hall–Kier alpha value is -7.83. The maximum Gasteiger partial charge on any atom is 0.416 e. The molecule has 0 radical (unpaired) electrons. The number of rotatable bonds is 13. The highest BCUT2D eigenvalue weighted by molar-refractivity contribution is 6.48. The standard InChI is InChI=1S/C54H51F5N10O4/c1-3-10-43-60-25-26-67(43)42-19-15-35(16-20-42)45-51(73)68(52(64-45)21-5-4-6-22-52)46(48(70)62-39-12-9-11-36(27-39)54(57,58)59)47(49(71)63-40-29-37(55)28-38(56)30-40)69-50(72)44(65-53(69)23-7-8-24-53)34-13-17-41(18-14-34)66-31-33(2)61-32-66/h9,11-20,25-32,46-47H,3-8,10,21-24H2,1-2H3,(H,62,70)(H,63,71). The van der Waals surface area contributed by atoms with Crippen LogP contribution in [0.5, 0.6) is 0 Å². The Morgan fingerprint density at radius 1 is 0.685 bits per heavy atom. The van der Waals surface area contributed by atoms with Gasteiger partial charge in [-0.1, -0.05) is 43.7 Å². The van der Waals surface area contributed by atoms with Crippen LogP contribution in [0.1, 0.15) is 99.3 Å². The molecule has 4 heterocycles. The average Bonchev–Trinajstić information content (AvgIpc) is 4.22. The van der Waals surface area contributed by atoms with Gasteiger partial charge in [0.1, 0.15) is 52.3 Å². The maximum atomic E-state index is 15.7. The molecular weight excluding hydrogens is 948 g/mol. The molecule has 2 aromatic heterocycles. The van der Waals surface area contributed by atoms with E-state index in [1.807, 2.05) is 42.9 Å². The van der Waals surface area contributed by atoms with Gasteiger partial charge in [-0.15, -0.1) is 0 Å². The van der Waals surface area contributed by atoms with Crippen LogP contribution < -0.4 is 10.6 Å². The first-order valence-electron chi connectivity index (χ1n) is 24.4. The topological polar surface area (TPSA) is 159 Å². The number of imidazole rings is 2. The molecule has 4 amide bonds. The number of hydrogen-bond donors (Lipinski definition) is 2. The third kappa shape index (κ3) is 9.32. The van der Waals surface area contributed by atoms with Crippen LogP contribution in [0, 0.1) is 18.6 Å². The van der Waals surface area contributed by atoms with Crippen molar-refractivity contribution < 1.29 is 41.1 Å². The van der Waals surface area contributed by atoms with Crippen LogP contribution in [0.15, 0.2) is 126 Å². The molecule has 14 nitrogen and oxygen atoms in total. The van der Waals surface area contributed by atoms with Crippen molar-refractivity contribution in [3.05, 3.63) is 156 Å². The van der Waals surface area contributed by atoms with E-state index in [-0.39, 0.29) is 48.5 Å².